The van der Waals surface area contributed by atoms with Crippen LogP contribution in [-0.2, 0) is 0 Å². The van der Waals surface area contributed by atoms with Crippen molar-refractivity contribution in [3.8, 4) is 0 Å². The molecule has 20 heavy (non-hydrogen) atoms. The van der Waals surface area contributed by atoms with Gasteiger partial charge in [-0.2, -0.15) is 11.1 Å². The minimum absolute atomic E-state index is 0.468. The molecule has 0 saturated heterocycles. The van der Waals surface area contributed by atoms with Crippen LogP contribution in [0, 0.1) is 0 Å². The van der Waals surface area contributed by atoms with Crippen LogP contribution >= 0.6 is 11.1 Å². The second-order valence-corrected chi connectivity index (χ2v) is 13.9. The number of halogens is 1. The van der Waals surface area contributed by atoms with Gasteiger partial charge in [-0.15, -0.1) is 0 Å². The molecule has 0 fully saturated rings. The van der Waals surface area contributed by atoms with Crippen molar-refractivity contribution in [3.63, 3.8) is 0 Å². The summed E-state index contributed by atoms with van der Waals surface area (Å²) >= 11 is 6.82. The summed E-state index contributed by atoms with van der Waals surface area (Å²) in [6, 6.07) is 4.82. The predicted octanol–water partition coefficient (Wildman–Crippen LogP) is 6.42. The summed E-state index contributed by atoms with van der Waals surface area (Å²) in [7, 11) is -1.75. The van der Waals surface area contributed by atoms with E-state index >= 15 is 0 Å². The maximum Gasteiger partial charge on any atom is 0.161 e. The Hall–Kier alpha value is -0.533. The highest BCUT2D eigenvalue weighted by atomic mass is 35.6. The molecule has 1 aromatic carbocycles. The smallest absolute Gasteiger partial charge is 0.161 e. The largest absolute Gasteiger partial charge is 0.167 e. The molecule has 0 aliphatic heterocycles. The van der Waals surface area contributed by atoms with Crippen molar-refractivity contribution in [2.24, 2.45) is 0 Å². The molecular weight excluding hydrogens is 280 g/mol. The molecule has 0 bridgehead atoms. The van der Waals surface area contributed by atoms with Crippen LogP contribution in [0.5, 0.6) is 0 Å². The van der Waals surface area contributed by atoms with Gasteiger partial charge in [0.1, 0.15) is 0 Å². The van der Waals surface area contributed by atoms with Gasteiger partial charge in [-0.05, 0) is 41.0 Å². The van der Waals surface area contributed by atoms with Crippen LogP contribution in [0.3, 0.4) is 0 Å². The first-order chi connectivity index (χ1) is 9.12. The van der Waals surface area contributed by atoms with Gasteiger partial charge < -0.3 is 0 Å². The second-order valence-electron chi connectivity index (χ2n) is 7.31. The molecule has 2 rings (SSSR count). The molecule has 1 aromatic rings. The Labute approximate surface area is 130 Å². The van der Waals surface area contributed by atoms with E-state index in [0.717, 1.165) is 0 Å². The summed E-state index contributed by atoms with van der Waals surface area (Å²) in [5, 5.41) is 0. The van der Waals surface area contributed by atoms with Gasteiger partial charge in [0, 0.05) is 5.54 Å². The van der Waals surface area contributed by atoms with Crippen molar-refractivity contribution >= 4 is 24.5 Å². The third kappa shape index (κ3) is 2.75. The van der Waals surface area contributed by atoms with Crippen molar-refractivity contribution in [2.45, 2.75) is 65.1 Å². The molecule has 0 nitrogen and oxygen atoms in total. The highest BCUT2D eigenvalue weighted by molar-refractivity contribution is 7.20. The van der Waals surface area contributed by atoms with Crippen molar-refractivity contribution in [1.29, 1.82) is 0 Å². The highest BCUT2D eigenvalue weighted by Gasteiger charge is 2.38. The Morgan fingerprint density at radius 2 is 1.65 bits per heavy atom. The average Bonchev–Trinajstić information content (AvgIpc) is 2.62. The molecule has 0 saturated carbocycles. The van der Waals surface area contributed by atoms with E-state index < -0.39 is 7.38 Å². The SMILES string of the molecule is CC1=Cc2c(C(C)C)cc(C(C)C)cc2C1[Si](C)(C)Cl. The van der Waals surface area contributed by atoms with E-state index in [1.807, 2.05) is 0 Å². The van der Waals surface area contributed by atoms with Gasteiger partial charge in [-0.3, -0.25) is 0 Å². The average molecular weight is 307 g/mol. The minimum Gasteiger partial charge on any atom is -0.167 e. The predicted molar refractivity (Wildman–Crippen MR) is 94.3 cm³/mol. The summed E-state index contributed by atoms with van der Waals surface area (Å²) in [4.78, 5) is 0. The second kappa shape index (κ2) is 5.34. The monoisotopic (exact) mass is 306 g/mol. The van der Waals surface area contributed by atoms with E-state index in [0.29, 0.717) is 17.4 Å². The van der Waals surface area contributed by atoms with Crippen LogP contribution in [0.1, 0.15) is 74.2 Å². The summed E-state index contributed by atoms with van der Waals surface area (Å²) in [6.45, 7) is 15.9. The molecule has 110 valence electrons. The lowest BCUT2D eigenvalue weighted by Crippen LogP contribution is -2.28. The number of hydrogen-bond acceptors (Lipinski definition) is 0. The number of fused-ring (bicyclic) bond motifs is 1. The molecule has 0 N–H and O–H groups in total. The van der Waals surface area contributed by atoms with Gasteiger partial charge >= 0.3 is 0 Å². The van der Waals surface area contributed by atoms with Gasteiger partial charge in [-0.1, -0.05) is 64.6 Å². The first-order valence-electron chi connectivity index (χ1n) is 7.67. The maximum absolute atomic E-state index is 6.82. The lowest BCUT2D eigenvalue weighted by Gasteiger charge is -2.27. The van der Waals surface area contributed by atoms with Crippen LogP contribution < -0.4 is 0 Å². The quantitative estimate of drug-likeness (QED) is 0.446. The summed E-state index contributed by atoms with van der Waals surface area (Å²) in [5.41, 5.74) is 7.81. The Kier molecular flexibility index (Phi) is 4.24. The Morgan fingerprint density at radius 1 is 1.05 bits per heavy atom. The van der Waals surface area contributed by atoms with E-state index in [9.17, 15) is 0 Å². The van der Waals surface area contributed by atoms with Crippen LogP contribution in [0.4, 0.5) is 0 Å². The van der Waals surface area contributed by atoms with E-state index in [1.54, 1.807) is 0 Å². The normalized spacial score (nSPS) is 18.7. The Morgan fingerprint density at radius 3 is 2.10 bits per heavy atom. The topological polar surface area (TPSA) is 0 Å². The molecule has 0 spiro atoms. The fourth-order valence-corrected chi connectivity index (χ4v) is 6.42. The minimum atomic E-state index is -1.75. The Balaban J connectivity index is 2.68. The Bertz CT molecular complexity index is 547. The van der Waals surface area contributed by atoms with E-state index in [4.69, 9.17) is 11.1 Å². The molecule has 1 aliphatic rings. The first-order valence-corrected chi connectivity index (χ1v) is 11.8. The standard InChI is InChI=1S/C18H27ClSi/c1-11(2)14-9-15(12(3)4)16-8-13(5)18(17(16)10-14)20(6,7)19/h8-12,18H,1-7H3. The number of allylic oxidation sites excluding steroid dienone is 1. The lowest BCUT2D eigenvalue weighted by atomic mass is 9.89. The van der Waals surface area contributed by atoms with E-state index in [-0.39, 0.29) is 0 Å². The van der Waals surface area contributed by atoms with Gasteiger partial charge in [0.2, 0.25) is 0 Å². The van der Waals surface area contributed by atoms with Crippen LogP contribution in [0.15, 0.2) is 17.7 Å². The molecule has 1 aliphatic carbocycles. The first kappa shape index (κ1) is 15.8. The van der Waals surface area contributed by atoms with Crippen molar-refractivity contribution in [2.75, 3.05) is 0 Å². The fraction of sp³-hybridized carbons (Fsp3) is 0.556. The van der Waals surface area contributed by atoms with E-state index in [1.165, 1.54) is 27.8 Å². The molecular formula is C18H27ClSi. The number of benzene rings is 1. The van der Waals surface area contributed by atoms with Crippen LogP contribution in [0.2, 0.25) is 13.1 Å². The summed E-state index contributed by atoms with van der Waals surface area (Å²) in [6.07, 6.45) is 2.39. The van der Waals surface area contributed by atoms with Crippen LogP contribution in [-0.4, -0.2) is 7.38 Å². The molecule has 1 atom stereocenters. The number of hydrogen-bond donors (Lipinski definition) is 0. The van der Waals surface area contributed by atoms with Crippen molar-refractivity contribution in [3.05, 3.63) is 40.0 Å². The third-order valence-corrected chi connectivity index (χ3v) is 7.17. The van der Waals surface area contributed by atoms with Gasteiger partial charge in [-0.25, -0.2) is 0 Å². The molecule has 0 aromatic heterocycles. The van der Waals surface area contributed by atoms with Gasteiger partial charge in [0.05, 0.1) is 0 Å². The van der Waals surface area contributed by atoms with Crippen molar-refractivity contribution < 1.29 is 0 Å². The highest BCUT2D eigenvalue weighted by Crippen LogP contribution is 2.46. The summed E-state index contributed by atoms with van der Waals surface area (Å²) < 4.78 is 0. The molecule has 0 amide bonds. The van der Waals surface area contributed by atoms with Crippen LogP contribution in [0.25, 0.3) is 6.08 Å². The summed E-state index contributed by atoms with van der Waals surface area (Å²) in [5.74, 6) is 1.13. The van der Waals surface area contributed by atoms with E-state index in [2.05, 4.69) is 65.9 Å². The molecule has 0 radical (unpaired) electrons. The van der Waals surface area contributed by atoms with Crippen molar-refractivity contribution in [1.82, 2.24) is 0 Å². The zero-order chi connectivity index (χ0) is 15.2. The molecule has 0 heterocycles. The van der Waals surface area contributed by atoms with Gasteiger partial charge in [0.25, 0.3) is 0 Å². The zero-order valence-corrected chi connectivity index (χ0v) is 15.6. The number of rotatable bonds is 3. The maximum atomic E-state index is 6.82. The lowest BCUT2D eigenvalue weighted by molar-refractivity contribution is 0.827. The third-order valence-electron chi connectivity index (χ3n) is 4.38. The zero-order valence-electron chi connectivity index (χ0n) is 13.8. The van der Waals surface area contributed by atoms with Gasteiger partial charge in [0.15, 0.2) is 7.38 Å². The fourth-order valence-electron chi connectivity index (χ4n) is 3.41. The molecule has 2 heteroatoms. The molecule has 1 unspecified atom stereocenters.